The van der Waals surface area contributed by atoms with Gasteiger partial charge < -0.3 is 4.55 Å². The Bertz CT molecular complexity index is 392. The molecule has 1 aliphatic rings. The van der Waals surface area contributed by atoms with Crippen LogP contribution in [0.1, 0.15) is 20.3 Å². The quantitative estimate of drug-likeness (QED) is 0.291. The number of hydrogen-bond acceptors (Lipinski definition) is 6. The molecule has 1 fully saturated rings. The average molecular weight is 259 g/mol. The van der Waals surface area contributed by atoms with Crippen molar-refractivity contribution in [1.82, 2.24) is 5.06 Å². The second-order valence-corrected chi connectivity index (χ2v) is 4.92. The molecule has 1 atom stereocenters. The fourth-order valence-electron chi connectivity index (χ4n) is 1.13. The number of rotatable bonds is 3. The van der Waals surface area contributed by atoms with E-state index in [1.807, 2.05) is 0 Å². The molecular formula is C7H10NNaO6S. The van der Waals surface area contributed by atoms with E-state index in [0.717, 1.165) is 0 Å². The molecule has 1 rings (SSSR count). The molecule has 0 radical (unpaired) electrons. The monoisotopic (exact) mass is 259 g/mol. The Morgan fingerprint density at radius 2 is 1.94 bits per heavy atom. The van der Waals surface area contributed by atoms with Crippen molar-refractivity contribution in [1.29, 1.82) is 0 Å². The van der Waals surface area contributed by atoms with Crippen LogP contribution in [0.4, 0.5) is 0 Å². The van der Waals surface area contributed by atoms with Crippen molar-refractivity contribution in [2.75, 3.05) is 0 Å². The standard InChI is InChI=1S/C7H11NO6S.Na/c1-4(2)14-8-6(9)3-5(7(8)10)15(11,12)13;/h4-5H,3H2,1-2H3,(H,11,12,13);/q;+1/p-1. The summed E-state index contributed by atoms with van der Waals surface area (Å²) in [6.07, 6.45) is -1.09. The van der Waals surface area contributed by atoms with Crippen LogP contribution in [0.5, 0.6) is 0 Å². The van der Waals surface area contributed by atoms with Crippen molar-refractivity contribution in [2.45, 2.75) is 31.6 Å². The molecule has 1 unspecified atom stereocenters. The number of carbonyl (C=O) groups excluding carboxylic acids is 2. The van der Waals surface area contributed by atoms with E-state index in [1.165, 1.54) is 0 Å². The predicted octanol–water partition coefficient (Wildman–Crippen LogP) is -4.00. The Hall–Kier alpha value is 0.01000. The van der Waals surface area contributed by atoms with Gasteiger partial charge in [-0.2, -0.15) is 5.06 Å². The Labute approximate surface area is 115 Å². The summed E-state index contributed by atoms with van der Waals surface area (Å²) in [5, 5.41) is -1.49. The molecule has 0 saturated carbocycles. The smallest absolute Gasteiger partial charge is 0.747 e. The first-order valence-corrected chi connectivity index (χ1v) is 5.69. The fraction of sp³-hybridized carbons (Fsp3) is 0.714. The molecule has 1 saturated heterocycles. The third-order valence-corrected chi connectivity index (χ3v) is 2.79. The molecule has 9 heteroatoms. The van der Waals surface area contributed by atoms with Crippen LogP contribution in [-0.4, -0.2) is 41.2 Å². The molecule has 0 bridgehead atoms. The van der Waals surface area contributed by atoms with Gasteiger partial charge in [-0.15, -0.1) is 0 Å². The number of hydroxylamine groups is 2. The van der Waals surface area contributed by atoms with Crippen LogP contribution >= 0.6 is 0 Å². The number of hydrogen-bond donors (Lipinski definition) is 0. The minimum absolute atomic E-state index is 0. The molecule has 0 aromatic heterocycles. The normalized spacial score (nSPS) is 21.5. The number of nitrogens with zero attached hydrogens (tertiary/aromatic N) is 1. The number of amides is 2. The molecule has 7 nitrogen and oxygen atoms in total. The van der Waals surface area contributed by atoms with Crippen molar-refractivity contribution in [3.05, 3.63) is 0 Å². The molecule has 0 spiro atoms. The van der Waals surface area contributed by atoms with Gasteiger partial charge in [-0.05, 0) is 13.8 Å². The van der Waals surface area contributed by atoms with E-state index in [1.54, 1.807) is 13.8 Å². The van der Waals surface area contributed by atoms with Crippen LogP contribution in [0, 0.1) is 0 Å². The van der Waals surface area contributed by atoms with E-state index in [-0.39, 0.29) is 29.6 Å². The maximum atomic E-state index is 11.3. The zero-order valence-electron chi connectivity index (χ0n) is 9.17. The van der Waals surface area contributed by atoms with Gasteiger partial charge in [0, 0.05) is 0 Å². The van der Waals surface area contributed by atoms with E-state index >= 15 is 0 Å². The van der Waals surface area contributed by atoms with Gasteiger partial charge in [0.25, 0.3) is 11.8 Å². The van der Waals surface area contributed by atoms with Crippen LogP contribution in [0.25, 0.3) is 0 Å². The molecule has 2 amide bonds. The summed E-state index contributed by atoms with van der Waals surface area (Å²) in [7, 11) is -4.80. The van der Waals surface area contributed by atoms with Gasteiger partial charge in [0.2, 0.25) is 0 Å². The van der Waals surface area contributed by atoms with Crippen LogP contribution in [-0.2, 0) is 24.5 Å². The maximum absolute atomic E-state index is 11.3. The minimum atomic E-state index is -4.80. The summed E-state index contributed by atoms with van der Waals surface area (Å²) < 4.78 is 31.8. The summed E-state index contributed by atoms with van der Waals surface area (Å²) in [6.45, 7) is 3.14. The van der Waals surface area contributed by atoms with Gasteiger partial charge in [0.15, 0.2) is 0 Å². The summed E-state index contributed by atoms with van der Waals surface area (Å²) in [6, 6.07) is 0. The first kappa shape index (κ1) is 16.0. The molecule has 0 aliphatic carbocycles. The van der Waals surface area contributed by atoms with Crippen molar-refractivity contribution in [3.8, 4) is 0 Å². The van der Waals surface area contributed by atoms with Crippen molar-refractivity contribution < 1.29 is 57.0 Å². The Kier molecular flexibility index (Phi) is 5.57. The third-order valence-electron chi connectivity index (χ3n) is 1.73. The SMILES string of the molecule is CC(C)ON1C(=O)CC(S(=O)(=O)[O-])C1=O.[Na+]. The number of imide groups is 1. The number of carbonyl (C=O) groups is 2. The second-order valence-electron chi connectivity index (χ2n) is 3.37. The molecule has 1 heterocycles. The molecule has 0 N–H and O–H groups in total. The summed E-state index contributed by atoms with van der Waals surface area (Å²) >= 11 is 0. The summed E-state index contributed by atoms with van der Waals surface area (Å²) in [5.74, 6) is -1.91. The zero-order chi connectivity index (χ0) is 11.8. The van der Waals surface area contributed by atoms with Crippen LogP contribution in [0.15, 0.2) is 0 Å². The van der Waals surface area contributed by atoms with Crippen LogP contribution in [0.3, 0.4) is 0 Å². The van der Waals surface area contributed by atoms with Gasteiger partial charge >= 0.3 is 29.6 Å². The van der Waals surface area contributed by atoms with Crippen LogP contribution in [0.2, 0.25) is 0 Å². The summed E-state index contributed by atoms with van der Waals surface area (Å²) in [4.78, 5) is 27.2. The topological polar surface area (TPSA) is 104 Å². The first-order valence-electron chi connectivity index (χ1n) is 4.21. The maximum Gasteiger partial charge on any atom is 1.00 e. The largest absolute Gasteiger partial charge is 1.00 e. The van der Waals surface area contributed by atoms with Gasteiger partial charge in [-0.3, -0.25) is 14.4 Å². The molecule has 0 aromatic carbocycles. The first-order chi connectivity index (χ1) is 6.73. The molecular weight excluding hydrogens is 249 g/mol. The Balaban J connectivity index is 0.00000225. The fourth-order valence-corrected chi connectivity index (χ4v) is 1.82. The Morgan fingerprint density at radius 3 is 2.25 bits per heavy atom. The third kappa shape index (κ3) is 3.51. The van der Waals surface area contributed by atoms with E-state index in [4.69, 9.17) is 4.84 Å². The molecule has 16 heavy (non-hydrogen) atoms. The minimum Gasteiger partial charge on any atom is -0.747 e. The van der Waals surface area contributed by atoms with Crippen LogP contribution < -0.4 is 29.6 Å². The van der Waals surface area contributed by atoms with Crippen molar-refractivity contribution in [3.63, 3.8) is 0 Å². The van der Waals surface area contributed by atoms with Gasteiger partial charge in [0.05, 0.1) is 12.5 Å². The van der Waals surface area contributed by atoms with E-state index in [0.29, 0.717) is 5.06 Å². The van der Waals surface area contributed by atoms with E-state index in [9.17, 15) is 22.6 Å². The van der Waals surface area contributed by atoms with Crippen molar-refractivity contribution >= 4 is 21.9 Å². The second kappa shape index (κ2) is 5.56. The average Bonchev–Trinajstić information content (AvgIpc) is 2.30. The molecule has 0 aromatic rings. The van der Waals surface area contributed by atoms with E-state index < -0.39 is 39.7 Å². The predicted molar refractivity (Wildman–Crippen MR) is 46.2 cm³/mol. The molecule has 86 valence electrons. The van der Waals surface area contributed by atoms with Gasteiger partial charge in [-0.25, -0.2) is 8.42 Å². The summed E-state index contributed by atoms with van der Waals surface area (Å²) in [5.41, 5.74) is 0. The van der Waals surface area contributed by atoms with Gasteiger partial charge in [-0.1, -0.05) is 0 Å². The van der Waals surface area contributed by atoms with E-state index in [2.05, 4.69) is 0 Å². The zero-order valence-corrected chi connectivity index (χ0v) is 12.0. The van der Waals surface area contributed by atoms with Gasteiger partial charge in [0.1, 0.15) is 15.4 Å². The Morgan fingerprint density at radius 1 is 1.44 bits per heavy atom. The molecule has 1 aliphatic heterocycles. The van der Waals surface area contributed by atoms with Crippen molar-refractivity contribution in [2.24, 2.45) is 0 Å².